The second-order valence-corrected chi connectivity index (χ2v) is 18.8. The Morgan fingerprint density at radius 3 is 1.89 bits per heavy atom. The average Bonchev–Trinajstić information content (AvgIpc) is 3.54. The minimum absolute atomic E-state index is 0. The molecule has 2 aliphatic carbocycles. The van der Waals surface area contributed by atoms with Crippen LogP contribution in [0.3, 0.4) is 0 Å². The molecule has 0 aliphatic heterocycles. The molecular weight excluding hydrogens is 646 g/mol. The molecule has 36 heavy (non-hydrogen) atoms. The van der Waals surface area contributed by atoms with E-state index in [9.17, 15) is 0 Å². The molecule has 0 radical (unpaired) electrons. The summed E-state index contributed by atoms with van der Waals surface area (Å²) in [6.07, 6.45) is 11.5. The molecule has 0 unspecified atom stereocenters. The van der Waals surface area contributed by atoms with E-state index in [4.69, 9.17) is 0 Å². The molecule has 0 aromatic heterocycles. The van der Waals surface area contributed by atoms with Gasteiger partial charge in [0.05, 0.1) is 0 Å². The van der Waals surface area contributed by atoms with Crippen LogP contribution in [0.5, 0.6) is 0 Å². The molecule has 0 atom stereocenters. The summed E-state index contributed by atoms with van der Waals surface area (Å²) in [6.45, 7) is 0. The van der Waals surface area contributed by atoms with Crippen LogP contribution in [-0.2, 0) is 40.2 Å². The van der Waals surface area contributed by atoms with Crippen LogP contribution in [0.25, 0.3) is 11.1 Å². The van der Waals surface area contributed by atoms with Gasteiger partial charge in [0.25, 0.3) is 0 Å². The SMILES string of the molecule is C1=CC[C]([Hf+2](=[C](Cc2ccccc2)Cc2ccccc2)[c]2cccc3c2Cc2ccccc2-3)=C1.[Cl-].[Cl-]. The first-order chi connectivity index (χ1) is 16.9. The van der Waals surface area contributed by atoms with Crippen molar-refractivity contribution in [2.24, 2.45) is 0 Å². The van der Waals surface area contributed by atoms with E-state index in [1.54, 1.807) is 15.5 Å². The minimum atomic E-state index is -2.56. The summed E-state index contributed by atoms with van der Waals surface area (Å²) in [6, 6.07) is 38.4. The molecule has 6 rings (SSSR count). The van der Waals surface area contributed by atoms with Gasteiger partial charge < -0.3 is 24.8 Å². The largest absolute Gasteiger partial charge is 1.00 e. The standard InChI is InChI=1S/C15H14.C13H9.C5H5.2ClH.Hf/c1-3-8-14(9-4-1)12-7-13-15-10-5-2-6-11-15;1-3-7-12-10(5-1)9-11-6-2-4-8-13(11)12;1-2-4-5-3-1;;;/h1-6,8-11H,12-13H2;1-5,7-8H,9H2;1-3H,4H2;2*1H;/q;;;;;+2/p-2. The van der Waals surface area contributed by atoms with Gasteiger partial charge in [0.1, 0.15) is 0 Å². The van der Waals surface area contributed by atoms with Crippen LogP contribution in [0.2, 0.25) is 0 Å². The maximum atomic E-state index is 2.49. The molecule has 3 heteroatoms. The maximum absolute atomic E-state index is 2.56. The third-order valence-corrected chi connectivity index (χ3v) is 18.2. The molecule has 0 amide bonds. The van der Waals surface area contributed by atoms with Gasteiger partial charge >= 0.3 is 211 Å². The summed E-state index contributed by atoms with van der Waals surface area (Å²) in [7, 11) is 0. The van der Waals surface area contributed by atoms with E-state index in [0.717, 1.165) is 25.7 Å². The first-order valence-electron chi connectivity index (χ1n) is 12.2. The van der Waals surface area contributed by atoms with Crippen molar-refractivity contribution in [3.63, 3.8) is 0 Å². The summed E-state index contributed by atoms with van der Waals surface area (Å²) in [5, 5.41) is 0. The molecule has 0 fully saturated rings. The zero-order valence-corrected chi connectivity index (χ0v) is 25.2. The van der Waals surface area contributed by atoms with Gasteiger partial charge in [-0.3, -0.25) is 0 Å². The van der Waals surface area contributed by atoms with Crippen LogP contribution in [0, 0.1) is 0 Å². The van der Waals surface area contributed by atoms with Crippen molar-refractivity contribution in [2.75, 3.05) is 0 Å². The number of allylic oxidation sites excluding steroid dienone is 4. The number of halogens is 2. The number of benzene rings is 4. The van der Waals surface area contributed by atoms with Crippen molar-refractivity contribution in [1.29, 1.82) is 0 Å². The van der Waals surface area contributed by atoms with Crippen LogP contribution < -0.4 is 28.1 Å². The third-order valence-electron chi connectivity index (χ3n) is 7.09. The molecule has 0 nitrogen and oxygen atoms in total. The van der Waals surface area contributed by atoms with E-state index < -0.39 is 21.0 Å². The van der Waals surface area contributed by atoms with Crippen molar-refractivity contribution in [1.82, 2.24) is 0 Å². The molecule has 2 aliphatic rings. The molecule has 0 N–H and O–H groups in total. The first kappa shape index (κ1) is 26.7. The second kappa shape index (κ2) is 12.3. The molecule has 178 valence electrons. The van der Waals surface area contributed by atoms with Crippen LogP contribution in [0.4, 0.5) is 0 Å². The number of hydrogen-bond acceptors (Lipinski definition) is 0. The van der Waals surface area contributed by atoms with Crippen molar-refractivity contribution < 1.29 is 45.8 Å². The van der Waals surface area contributed by atoms with Gasteiger partial charge in [-0.05, 0) is 0 Å². The summed E-state index contributed by atoms with van der Waals surface area (Å²) < 4.78 is 5.23. The van der Waals surface area contributed by atoms with Crippen LogP contribution in [-0.4, -0.2) is 3.26 Å². The van der Waals surface area contributed by atoms with Crippen molar-refractivity contribution >= 4 is 6.58 Å². The van der Waals surface area contributed by atoms with E-state index in [1.807, 2.05) is 0 Å². The molecular formula is C33H28Cl2Hf. The second-order valence-electron chi connectivity index (χ2n) is 9.29. The summed E-state index contributed by atoms with van der Waals surface area (Å²) in [5.41, 5.74) is 8.90. The van der Waals surface area contributed by atoms with E-state index in [2.05, 4.69) is 121 Å². The van der Waals surface area contributed by atoms with Gasteiger partial charge in [-0.25, -0.2) is 0 Å². The predicted octanol–water partition coefficient (Wildman–Crippen LogP) is 1.01. The molecule has 0 saturated carbocycles. The normalized spacial score (nSPS) is 12.4. The van der Waals surface area contributed by atoms with Crippen LogP contribution in [0.1, 0.15) is 28.7 Å². The first-order valence-corrected chi connectivity index (χ1v) is 17.6. The van der Waals surface area contributed by atoms with Crippen molar-refractivity contribution in [3.05, 3.63) is 147 Å². The number of hydrogen-bond donors (Lipinski definition) is 0. The Balaban J connectivity index is 0.00000152. The van der Waals surface area contributed by atoms with Gasteiger partial charge in [0, 0.05) is 0 Å². The Kier molecular flexibility index (Phi) is 9.12. The Morgan fingerprint density at radius 2 is 1.25 bits per heavy atom. The molecule has 0 saturated heterocycles. The topological polar surface area (TPSA) is 0 Å². The minimum Gasteiger partial charge on any atom is -1.00 e. The van der Waals surface area contributed by atoms with E-state index >= 15 is 0 Å². The maximum Gasteiger partial charge on any atom is -1.00 e. The van der Waals surface area contributed by atoms with Gasteiger partial charge in [0.2, 0.25) is 0 Å². The Hall–Kier alpha value is -2.32. The fourth-order valence-corrected chi connectivity index (χ4v) is 17.4. The fourth-order valence-electron chi connectivity index (χ4n) is 5.54. The zero-order chi connectivity index (χ0) is 22.7. The Bertz CT molecular complexity index is 1390. The quantitative estimate of drug-likeness (QED) is 0.237. The smallest absolute Gasteiger partial charge is 1.00 e. The van der Waals surface area contributed by atoms with Crippen LogP contribution in [0.15, 0.2) is 125 Å². The summed E-state index contributed by atoms with van der Waals surface area (Å²) in [4.78, 5) is 0. The number of fused-ring (bicyclic) bond motifs is 3. The van der Waals surface area contributed by atoms with Crippen molar-refractivity contribution in [2.45, 2.75) is 25.7 Å². The third kappa shape index (κ3) is 5.49. The molecule has 4 aromatic rings. The fraction of sp³-hybridized carbons (Fsp3) is 0.121. The van der Waals surface area contributed by atoms with Gasteiger partial charge in [-0.15, -0.1) is 0 Å². The van der Waals surface area contributed by atoms with Gasteiger partial charge in [-0.2, -0.15) is 0 Å². The van der Waals surface area contributed by atoms with Gasteiger partial charge in [0.15, 0.2) is 0 Å². The average molecular weight is 674 g/mol. The Labute approximate surface area is 234 Å². The van der Waals surface area contributed by atoms with E-state index in [1.165, 1.54) is 27.8 Å². The van der Waals surface area contributed by atoms with E-state index in [0.29, 0.717) is 0 Å². The summed E-state index contributed by atoms with van der Waals surface area (Å²) >= 11 is -2.56. The zero-order valence-electron chi connectivity index (χ0n) is 20.1. The molecule has 4 aromatic carbocycles. The Morgan fingerprint density at radius 1 is 0.639 bits per heavy atom. The molecule has 0 spiro atoms. The van der Waals surface area contributed by atoms with Crippen LogP contribution >= 0.6 is 0 Å². The van der Waals surface area contributed by atoms with E-state index in [-0.39, 0.29) is 24.8 Å². The predicted molar refractivity (Wildman–Crippen MR) is 141 cm³/mol. The molecule has 0 heterocycles. The monoisotopic (exact) mass is 674 g/mol. The molecule has 0 bridgehead atoms. The van der Waals surface area contributed by atoms with Gasteiger partial charge in [-0.1, -0.05) is 0 Å². The van der Waals surface area contributed by atoms with Crippen molar-refractivity contribution in [3.8, 4) is 11.1 Å². The number of rotatable bonds is 6. The summed E-state index contributed by atoms with van der Waals surface area (Å²) in [5.74, 6) is 0.